The molecule has 0 spiro atoms. The van der Waals surface area contributed by atoms with Gasteiger partial charge in [0, 0.05) is 4.88 Å². The minimum Gasteiger partial charge on any atom is -0.143 e. The highest BCUT2D eigenvalue weighted by Gasteiger charge is 2.03. The van der Waals surface area contributed by atoms with Crippen LogP contribution in [-0.4, -0.2) is 0 Å². The Kier molecular flexibility index (Phi) is 3.57. The molecule has 1 heterocycles. The first-order valence-electron chi connectivity index (χ1n) is 6.29. The molecule has 0 amide bonds. The average Bonchev–Trinajstić information content (AvgIpc) is 2.95. The summed E-state index contributed by atoms with van der Waals surface area (Å²) >= 11 is 1.79. The van der Waals surface area contributed by atoms with Crippen molar-refractivity contribution >= 4 is 23.5 Å². The fourth-order valence-corrected chi connectivity index (χ4v) is 2.92. The highest BCUT2D eigenvalue weighted by molar-refractivity contribution is 7.13. The predicted octanol–water partition coefficient (Wildman–Crippen LogP) is 5.59. The van der Waals surface area contributed by atoms with Gasteiger partial charge in [0.05, 0.1) is 0 Å². The van der Waals surface area contributed by atoms with Crippen molar-refractivity contribution in [3.8, 4) is 10.4 Å². The molecule has 3 aromatic rings. The van der Waals surface area contributed by atoms with Gasteiger partial charge in [-0.3, -0.25) is 0 Å². The van der Waals surface area contributed by atoms with Crippen LogP contribution in [0.5, 0.6) is 0 Å². The Bertz CT molecular complexity index is 663. The van der Waals surface area contributed by atoms with E-state index in [4.69, 9.17) is 0 Å². The number of benzene rings is 2. The second-order valence-corrected chi connectivity index (χ2v) is 5.23. The Morgan fingerprint density at radius 1 is 0.684 bits per heavy atom. The lowest BCUT2D eigenvalue weighted by molar-refractivity contribution is 1.66. The molecule has 0 bridgehead atoms. The number of hydrogen-bond donors (Lipinski definition) is 0. The number of hydrogen-bond acceptors (Lipinski definition) is 1. The van der Waals surface area contributed by atoms with Gasteiger partial charge in [-0.2, -0.15) is 0 Å². The summed E-state index contributed by atoms with van der Waals surface area (Å²) in [5.74, 6) is 0. The van der Waals surface area contributed by atoms with Gasteiger partial charge in [-0.1, -0.05) is 72.8 Å². The molecule has 19 heavy (non-hydrogen) atoms. The van der Waals surface area contributed by atoms with E-state index in [1.54, 1.807) is 11.3 Å². The van der Waals surface area contributed by atoms with Crippen LogP contribution >= 0.6 is 11.3 Å². The van der Waals surface area contributed by atoms with Gasteiger partial charge in [0.25, 0.3) is 0 Å². The Morgan fingerprint density at radius 2 is 1.37 bits per heavy atom. The van der Waals surface area contributed by atoms with Crippen LogP contribution in [0.3, 0.4) is 0 Å². The van der Waals surface area contributed by atoms with Crippen LogP contribution in [0.2, 0.25) is 0 Å². The lowest BCUT2D eigenvalue weighted by Crippen LogP contribution is -1.75. The van der Waals surface area contributed by atoms with Crippen molar-refractivity contribution in [2.24, 2.45) is 0 Å². The fraction of sp³-hybridized carbons (Fsp3) is 0. The summed E-state index contributed by atoms with van der Waals surface area (Å²) in [7, 11) is 0. The van der Waals surface area contributed by atoms with Crippen molar-refractivity contribution in [1.82, 2.24) is 0 Å². The molecule has 0 radical (unpaired) electrons. The zero-order valence-electron chi connectivity index (χ0n) is 10.5. The maximum absolute atomic E-state index is 2.19. The molecule has 3 rings (SSSR count). The van der Waals surface area contributed by atoms with Gasteiger partial charge in [0.15, 0.2) is 0 Å². The fourth-order valence-electron chi connectivity index (χ4n) is 2.02. The molecule has 0 saturated carbocycles. The van der Waals surface area contributed by atoms with Crippen LogP contribution in [0.1, 0.15) is 11.1 Å². The third-order valence-corrected chi connectivity index (χ3v) is 3.97. The zero-order chi connectivity index (χ0) is 12.9. The highest BCUT2D eigenvalue weighted by Crippen LogP contribution is 2.30. The van der Waals surface area contributed by atoms with Crippen molar-refractivity contribution in [1.29, 1.82) is 0 Å². The summed E-state index contributed by atoms with van der Waals surface area (Å²) in [6, 6.07) is 23.1. The van der Waals surface area contributed by atoms with Crippen molar-refractivity contribution in [2.45, 2.75) is 0 Å². The molecule has 0 fully saturated rings. The maximum atomic E-state index is 2.19. The summed E-state index contributed by atoms with van der Waals surface area (Å²) in [6.45, 7) is 0. The largest absolute Gasteiger partial charge is 0.143 e. The van der Waals surface area contributed by atoms with Gasteiger partial charge in [-0.25, -0.2) is 0 Å². The average molecular weight is 262 g/mol. The molecule has 1 aromatic heterocycles. The van der Waals surface area contributed by atoms with Gasteiger partial charge in [-0.05, 0) is 28.1 Å². The van der Waals surface area contributed by atoms with Crippen LogP contribution in [0, 0.1) is 0 Å². The first-order chi connectivity index (χ1) is 9.43. The molecular weight excluding hydrogens is 248 g/mol. The Balaban J connectivity index is 1.91. The minimum atomic E-state index is 1.23. The van der Waals surface area contributed by atoms with Crippen LogP contribution in [0.25, 0.3) is 22.6 Å². The van der Waals surface area contributed by atoms with Gasteiger partial charge >= 0.3 is 0 Å². The standard InChI is InChI=1S/C18H14S/c1-3-7-15(8-4-1)11-12-17-13-14-19-18(17)16-9-5-2-6-10-16/h1-14H/b12-11+. The molecule has 0 aliphatic rings. The lowest BCUT2D eigenvalue weighted by atomic mass is 10.1. The zero-order valence-corrected chi connectivity index (χ0v) is 11.3. The summed E-state index contributed by atoms with van der Waals surface area (Å²) in [6.07, 6.45) is 4.35. The van der Waals surface area contributed by atoms with Gasteiger partial charge in [0.2, 0.25) is 0 Å². The normalized spacial score (nSPS) is 10.9. The Labute approximate surface area is 117 Å². The van der Waals surface area contributed by atoms with Crippen molar-refractivity contribution in [3.05, 3.63) is 83.2 Å². The highest BCUT2D eigenvalue weighted by atomic mass is 32.1. The SMILES string of the molecule is C(=C\c1ccsc1-c1ccccc1)/c1ccccc1. The van der Waals surface area contributed by atoms with Crippen LogP contribution in [0.4, 0.5) is 0 Å². The summed E-state index contributed by atoms with van der Waals surface area (Å²) < 4.78 is 0. The molecule has 2 aromatic carbocycles. The summed E-state index contributed by atoms with van der Waals surface area (Å²) in [5, 5.41) is 2.15. The molecule has 0 unspecified atom stereocenters. The quantitative estimate of drug-likeness (QED) is 0.577. The second-order valence-electron chi connectivity index (χ2n) is 4.32. The number of thiophene rings is 1. The van der Waals surface area contributed by atoms with E-state index >= 15 is 0 Å². The first kappa shape index (κ1) is 11.9. The molecule has 92 valence electrons. The van der Waals surface area contributed by atoms with Crippen molar-refractivity contribution in [2.75, 3.05) is 0 Å². The molecule has 0 atom stereocenters. The van der Waals surface area contributed by atoms with E-state index < -0.39 is 0 Å². The summed E-state index contributed by atoms with van der Waals surface area (Å²) in [5.41, 5.74) is 3.79. The van der Waals surface area contributed by atoms with Crippen LogP contribution in [0.15, 0.2) is 72.1 Å². The lowest BCUT2D eigenvalue weighted by Gasteiger charge is -1.99. The van der Waals surface area contributed by atoms with E-state index in [0.29, 0.717) is 0 Å². The van der Waals surface area contributed by atoms with Crippen molar-refractivity contribution in [3.63, 3.8) is 0 Å². The molecule has 0 aliphatic heterocycles. The Morgan fingerprint density at radius 3 is 2.11 bits per heavy atom. The van der Waals surface area contributed by atoms with Gasteiger partial charge in [0.1, 0.15) is 0 Å². The van der Waals surface area contributed by atoms with E-state index in [0.717, 1.165) is 0 Å². The van der Waals surface area contributed by atoms with E-state index in [-0.39, 0.29) is 0 Å². The molecule has 0 aliphatic carbocycles. The summed E-state index contributed by atoms with van der Waals surface area (Å²) in [4.78, 5) is 1.33. The minimum absolute atomic E-state index is 1.23. The van der Waals surface area contributed by atoms with Crippen LogP contribution < -0.4 is 0 Å². The molecule has 0 N–H and O–H groups in total. The topological polar surface area (TPSA) is 0 Å². The smallest absolute Gasteiger partial charge is 0.0415 e. The van der Waals surface area contributed by atoms with Gasteiger partial charge < -0.3 is 0 Å². The number of rotatable bonds is 3. The van der Waals surface area contributed by atoms with Crippen molar-refractivity contribution < 1.29 is 0 Å². The van der Waals surface area contributed by atoms with E-state index in [1.165, 1.54) is 21.6 Å². The van der Waals surface area contributed by atoms with E-state index in [2.05, 4.69) is 78.2 Å². The second kappa shape index (κ2) is 5.68. The molecular formula is C18H14S. The van der Waals surface area contributed by atoms with Crippen LogP contribution in [-0.2, 0) is 0 Å². The van der Waals surface area contributed by atoms with E-state index in [1.807, 2.05) is 6.07 Å². The molecule has 0 saturated heterocycles. The maximum Gasteiger partial charge on any atom is 0.0415 e. The molecule has 0 nitrogen and oxygen atoms in total. The monoisotopic (exact) mass is 262 g/mol. The predicted molar refractivity (Wildman–Crippen MR) is 85.1 cm³/mol. The Hall–Kier alpha value is -2.12. The van der Waals surface area contributed by atoms with Gasteiger partial charge in [-0.15, -0.1) is 11.3 Å². The molecule has 1 heteroatoms. The van der Waals surface area contributed by atoms with E-state index in [9.17, 15) is 0 Å². The third-order valence-electron chi connectivity index (χ3n) is 2.99. The first-order valence-corrected chi connectivity index (χ1v) is 7.17. The third kappa shape index (κ3) is 2.83.